The summed E-state index contributed by atoms with van der Waals surface area (Å²) in [5.74, 6) is -2.17. The Morgan fingerprint density at radius 3 is 2.30 bits per heavy atom. The van der Waals surface area contributed by atoms with Crippen molar-refractivity contribution in [2.75, 3.05) is 7.11 Å². The molecule has 0 saturated heterocycles. The monoisotopic (exact) mass is 417 g/mol. The molecule has 0 amide bonds. The minimum absolute atomic E-state index is 0.163. The number of amidine groups is 2. The Bertz CT molecular complexity index is 920. The molecule has 0 unspecified atom stereocenters. The fraction of sp³-hybridized carbons (Fsp3) is 0.235. The van der Waals surface area contributed by atoms with E-state index >= 15 is 0 Å². The van der Waals surface area contributed by atoms with Crippen LogP contribution in [0.5, 0.6) is 0 Å². The van der Waals surface area contributed by atoms with Gasteiger partial charge in [0.2, 0.25) is 0 Å². The van der Waals surface area contributed by atoms with Crippen LogP contribution in [0.4, 0.5) is 13.2 Å². The highest BCUT2D eigenvalue weighted by molar-refractivity contribution is 6.47. The first-order valence-corrected chi connectivity index (χ1v) is 8.30. The largest absolute Gasteiger partial charge is 0.465 e. The van der Waals surface area contributed by atoms with Crippen LogP contribution < -0.4 is 0 Å². The lowest BCUT2D eigenvalue weighted by molar-refractivity contribution is -0.202. The van der Waals surface area contributed by atoms with Crippen LogP contribution in [0.25, 0.3) is 0 Å². The van der Waals surface area contributed by atoms with Crippen LogP contribution >= 0.6 is 23.2 Å². The van der Waals surface area contributed by atoms with E-state index in [1.807, 2.05) is 6.92 Å². The summed E-state index contributed by atoms with van der Waals surface area (Å²) in [6.45, 7) is 1.82. The number of halogens is 5. The molecule has 2 heterocycles. The van der Waals surface area contributed by atoms with Crippen molar-refractivity contribution in [3.8, 4) is 0 Å². The third-order valence-corrected chi connectivity index (χ3v) is 4.38. The van der Waals surface area contributed by atoms with Crippen LogP contribution in [0, 0.1) is 6.92 Å². The molecule has 142 valence electrons. The van der Waals surface area contributed by atoms with E-state index in [0.29, 0.717) is 5.56 Å². The molecule has 5 nitrogen and oxygen atoms in total. The normalized spacial score (nSPS) is 22.3. The average molecular weight is 418 g/mol. The molecule has 2 aliphatic heterocycles. The van der Waals surface area contributed by atoms with Crippen molar-refractivity contribution in [3.05, 3.63) is 57.7 Å². The van der Waals surface area contributed by atoms with Gasteiger partial charge in [0.15, 0.2) is 5.84 Å². The molecule has 2 aliphatic rings. The molecule has 10 heteroatoms. The Hall–Kier alpha value is -2.32. The van der Waals surface area contributed by atoms with E-state index < -0.39 is 17.8 Å². The number of aliphatic imine (C=N–C) groups is 2. The maximum absolute atomic E-state index is 13.9. The van der Waals surface area contributed by atoms with Crippen molar-refractivity contribution in [1.82, 2.24) is 4.90 Å². The van der Waals surface area contributed by atoms with Gasteiger partial charge in [-0.05, 0) is 13.0 Å². The van der Waals surface area contributed by atoms with Crippen LogP contribution in [0.1, 0.15) is 11.1 Å². The van der Waals surface area contributed by atoms with Crippen molar-refractivity contribution in [1.29, 1.82) is 0 Å². The average Bonchev–Trinajstić information content (AvgIpc) is 2.60. The Labute approximate surface area is 162 Å². The van der Waals surface area contributed by atoms with Crippen molar-refractivity contribution in [2.24, 2.45) is 9.98 Å². The number of hydrogen-bond acceptors (Lipinski definition) is 5. The zero-order chi connectivity index (χ0) is 20.0. The molecular formula is C17H12Cl2F3N3O2. The minimum atomic E-state index is -5.16. The van der Waals surface area contributed by atoms with Gasteiger partial charge in [0, 0.05) is 11.8 Å². The van der Waals surface area contributed by atoms with Gasteiger partial charge in [-0.3, -0.25) is 4.90 Å². The van der Waals surface area contributed by atoms with Crippen molar-refractivity contribution >= 4 is 40.8 Å². The number of benzene rings is 1. The molecule has 0 saturated carbocycles. The topological polar surface area (TPSA) is 54.3 Å². The quantitative estimate of drug-likeness (QED) is 0.680. The molecule has 0 fully saturated rings. The summed E-state index contributed by atoms with van der Waals surface area (Å²) >= 11 is 12.1. The molecule has 0 radical (unpaired) electrons. The third kappa shape index (κ3) is 3.23. The molecule has 0 aliphatic carbocycles. The van der Waals surface area contributed by atoms with Gasteiger partial charge in [-0.1, -0.05) is 53.0 Å². The number of fused-ring (bicyclic) bond motifs is 1. The summed E-state index contributed by atoms with van der Waals surface area (Å²) in [6, 6.07) is 6.54. The lowest BCUT2D eigenvalue weighted by atomic mass is 10.1. The predicted molar refractivity (Wildman–Crippen MR) is 95.7 cm³/mol. The zero-order valence-corrected chi connectivity index (χ0v) is 15.5. The maximum atomic E-state index is 13.9. The number of carbonyl (C=O) groups is 1. The van der Waals surface area contributed by atoms with Crippen LogP contribution in [-0.2, 0) is 9.53 Å². The molecule has 3 rings (SSSR count). The Balaban J connectivity index is 2.31. The second-order valence-corrected chi connectivity index (χ2v) is 6.62. The number of aryl methyl sites for hydroxylation is 1. The number of rotatable bonds is 2. The van der Waals surface area contributed by atoms with Gasteiger partial charge < -0.3 is 4.74 Å². The first kappa shape index (κ1) is 19.4. The molecule has 1 aromatic carbocycles. The highest BCUT2D eigenvalue weighted by Crippen LogP contribution is 2.41. The van der Waals surface area contributed by atoms with Gasteiger partial charge in [-0.25, -0.2) is 14.8 Å². The number of alkyl halides is 3. The van der Waals surface area contributed by atoms with Crippen molar-refractivity contribution < 1.29 is 22.7 Å². The van der Waals surface area contributed by atoms with Crippen molar-refractivity contribution in [2.45, 2.75) is 18.8 Å². The molecule has 0 aromatic heterocycles. The summed E-state index contributed by atoms with van der Waals surface area (Å²) < 4.78 is 46.1. The van der Waals surface area contributed by atoms with E-state index in [-0.39, 0.29) is 21.7 Å². The van der Waals surface area contributed by atoms with E-state index in [1.165, 1.54) is 17.2 Å². The van der Waals surface area contributed by atoms with Crippen LogP contribution in [-0.4, -0.2) is 41.5 Å². The second-order valence-electron chi connectivity index (χ2n) is 5.77. The lowest BCUT2D eigenvalue weighted by Gasteiger charge is -2.36. The molecule has 0 bridgehead atoms. The third-order valence-electron chi connectivity index (χ3n) is 3.90. The number of hydrogen-bond donors (Lipinski definition) is 0. The number of allylic oxidation sites excluding steroid dienone is 2. The predicted octanol–water partition coefficient (Wildman–Crippen LogP) is 4.10. The Kier molecular flexibility index (Phi) is 4.81. The smallest absolute Gasteiger partial charge is 0.445 e. The second kappa shape index (κ2) is 6.69. The van der Waals surface area contributed by atoms with E-state index in [9.17, 15) is 18.0 Å². The number of nitrogens with zero attached hydrogens (tertiary/aromatic N) is 3. The van der Waals surface area contributed by atoms with Crippen LogP contribution in [0.2, 0.25) is 0 Å². The van der Waals surface area contributed by atoms with E-state index in [2.05, 4.69) is 14.7 Å². The molecular weight excluding hydrogens is 406 g/mol. The fourth-order valence-electron chi connectivity index (χ4n) is 2.56. The number of ether oxygens (including phenoxy) is 1. The van der Waals surface area contributed by atoms with Gasteiger partial charge in [-0.15, -0.1) is 0 Å². The Morgan fingerprint density at radius 1 is 1.15 bits per heavy atom. The number of methoxy groups -OCH3 is 1. The standard InChI is InChI=1S/C17H12Cl2F3N3O2/c1-9-3-5-10(6-4-9)13-23-16(15(26)27-2,17(20,21)22)24-14-12(19)7-11(18)8-25(13)14/h3-8H,1-2H3/t16-/m0/s1. The number of esters is 1. The fourth-order valence-corrected chi connectivity index (χ4v) is 3.07. The van der Waals surface area contributed by atoms with E-state index in [0.717, 1.165) is 12.7 Å². The van der Waals surface area contributed by atoms with E-state index in [4.69, 9.17) is 23.2 Å². The molecule has 27 heavy (non-hydrogen) atoms. The summed E-state index contributed by atoms with van der Waals surface area (Å²) in [6.07, 6.45) is -2.60. The van der Waals surface area contributed by atoms with Crippen LogP contribution in [0.15, 0.2) is 56.6 Å². The highest BCUT2D eigenvalue weighted by Gasteiger charge is 2.65. The molecule has 0 N–H and O–H groups in total. The SMILES string of the molecule is COC(=O)[C@@]1(C(F)(F)F)N=C2C(Cl)=CC(Cl)=CN2C(c2ccc(C)cc2)=N1. The summed E-state index contributed by atoms with van der Waals surface area (Å²) in [7, 11) is 0.832. The first-order chi connectivity index (χ1) is 12.6. The van der Waals surface area contributed by atoms with Gasteiger partial charge in [0.25, 0.3) is 0 Å². The minimum Gasteiger partial charge on any atom is -0.465 e. The Morgan fingerprint density at radius 2 is 1.74 bits per heavy atom. The maximum Gasteiger partial charge on any atom is 0.445 e. The van der Waals surface area contributed by atoms with Gasteiger partial charge >= 0.3 is 17.8 Å². The molecule has 1 atom stereocenters. The van der Waals surface area contributed by atoms with Gasteiger partial charge in [0.1, 0.15) is 5.84 Å². The number of carbonyl (C=O) groups excluding carboxylic acids is 1. The summed E-state index contributed by atoms with van der Waals surface area (Å²) in [5.41, 5.74) is -2.26. The molecule has 1 aromatic rings. The summed E-state index contributed by atoms with van der Waals surface area (Å²) in [4.78, 5) is 20.6. The zero-order valence-electron chi connectivity index (χ0n) is 14.0. The first-order valence-electron chi connectivity index (χ1n) is 7.55. The van der Waals surface area contributed by atoms with Gasteiger partial charge in [-0.2, -0.15) is 13.2 Å². The molecule has 0 spiro atoms. The van der Waals surface area contributed by atoms with Gasteiger partial charge in [0.05, 0.1) is 17.2 Å². The lowest BCUT2D eigenvalue weighted by Crippen LogP contribution is -2.56. The van der Waals surface area contributed by atoms with E-state index in [1.54, 1.807) is 24.3 Å². The van der Waals surface area contributed by atoms with Crippen molar-refractivity contribution in [3.63, 3.8) is 0 Å². The highest BCUT2D eigenvalue weighted by atomic mass is 35.5. The summed E-state index contributed by atoms with van der Waals surface area (Å²) in [5, 5.41) is -0.00382. The van der Waals surface area contributed by atoms with Crippen LogP contribution in [0.3, 0.4) is 0 Å².